The highest BCUT2D eigenvalue weighted by molar-refractivity contribution is 6.31. The average Bonchev–Trinajstić information content (AvgIpc) is 2.19. The molecule has 0 aliphatic carbocycles. The number of carbonyl (C=O) groups excluding carboxylic acids is 1. The second-order valence-corrected chi connectivity index (χ2v) is 3.67. The molecule has 15 heavy (non-hydrogen) atoms. The summed E-state index contributed by atoms with van der Waals surface area (Å²) < 4.78 is 4.94. The Kier molecular flexibility index (Phi) is 4.43. The van der Waals surface area contributed by atoms with Crippen molar-refractivity contribution in [2.45, 2.75) is 25.9 Å². The Labute approximate surface area is 94.2 Å². The van der Waals surface area contributed by atoms with Gasteiger partial charge in [0.05, 0.1) is 0 Å². The van der Waals surface area contributed by atoms with Gasteiger partial charge in [0.15, 0.2) is 0 Å². The zero-order valence-corrected chi connectivity index (χ0v) is 9.33. The van der Waals surface area contributed by atoms with Crippen LogP contribution in [0.4, 0.5) is 4.79 Å². The fourth-order valence-electron chi connectivity index (χ4n) is 1.34. The second kappa shape index (κ2) is 5.61. The summed E-state index contributed by atoms with van der Waals surface area (Å²) >= 11 is 5.99. The van der Waals surface area contributed by atoms with Crippen molar-refractivity contribution >= 4 is 17.7 Å². The van der Waals surface area contributed by atoms with Crippen LogP contribution in [0, 0.1) is 0 Å². The minimum atomic E-state index is -0.742. The lowest BCUT2D eigenvalue weighted by Gasteiger charge is -2.15. The van der Waals surface area contributed by atoms with Crippen molar-refractivity contribution in [1.82, 2.24) is 0 Å². The fraction of sp³-hybridized carbons (Fsp3) is 0.364. The smallest absolute Gasteiger partial charge is 0.404 e. The molecule has 0 heterocycles. The van der Waals surface area contributed by atoms with E-state index in [1.807, 2.05) is 31.2 Å². The van der Waals surface area contributed by atoms with Crippen molar-refractivity contribution in [1.29, 1.82) is 0 Å². The highest BCUT2D eigenvalue weighted by Crippen LogP contribution is 2.18. The molecule has 1 rings (SSSR count). The number of ether oxygens (including phenoxy) is 1. The van der Waals surface area contributed by atoms with E-state index in [2.05, 4.69) is 0 Å². The van der Waals surface area contributed by atoms with Gasteiger partial charge in [-0.25, -0.2) is 4.79 Å². The largest absolute Gasteiger partial charge is 0.446 e. The van der Waals surface area contributed by atoms with Crippen LogP contribution in [-0.4, -0.2) is 12.2 Å². The molecule has 1 aromatic rings. The van der Waals surface area contributed by atoms with E-state index in [0.717, 1.165) is 5.56 Å². The van der Waals surface area contributed by atoms with Crippen LogP contribution in [0.25, 0.3) is 0 Å². The molecule has 0 fully saturated rings. The summed E-state index contributed by atoms with van der Waals surface area (Å²) in [5, 5.41) is 0.684. The zero-order chi connectivity index (χ0) is 11.3. The number of nitrogens with two attached hydrogens (primary N) is 1. The van der Waals surface area contributed by atoms with E-state index in [4.69, 9.17) is 22.1 Å². The summed E-state index contributed by atoms with van der Waals surface area (Å²) in [6, 6.07) is 7.49. The third-order valence-corrected chi connectivity index (χ3v) is 2.51. The molecule has 0 saturated heterocycles. The number of hydrogen-bond donors (Lipinski definition) is 1. The first-order chi connectivity index (χ1) is 7.13. The van der Waals surface area contributed by atoms with Crippen molar-refractivity contribution < 1.29 is 9.53 Å². The van der Waals surface area contributed by atoms with E-state index >= 15 is 0 Å². The molecule has 82 valence electrons. The molecule has 0 radical (unpaired) electrons. The van der Waals surface area contributed by atoms with Gasteiger partial charge >= 0.3 is 6.09 Å². The van der Waals surface area contributed by atoms with E-state index < -0.39 is 6.09 Å². The molecule has 0 spiro atoms. The van der Waals surface area contributed by atoms with Crippen LogP contribution in [0.15, 0.2) is 24.3 Å². The maximum Gasteiger partial charge on any atom is 0.404 e. The van der Waals surface area contributed by atoms with Crippen molar-refractivity contribution in [3.8, 4) is 0 Å². The Morgan fingerprint density at radius 1 is 1.53 bits per heavy atom. The maximum atomic E-state index is 10.6. The molecule has 1 aromatic carbocycles. The summed E-state index contributed by atoms with van der Waals surface area (Å²) in [6.45, 7) is 1.93. The molecule has 3 nitrogen and oxygen atoms in total. The van der Waals surface area contributed by atoms with E-state index in [-0.39, 0.29) is 6.10 Å². The molecular formula is C11H14ClNO2. The first-order valence-corrected chi connectivity index (χ1v) is 5.20. The molecule has 1 atom stereocenters. The molecule has 0 aliphatic rings. The van der Waals surface area contributed by atoms with Gasteiger partial charge in [-0.2, -0.15) is 0 Å². The monoisotopic (exact) mass is 227 g/mol. The Hall–Kier alpha value is -1.22. The van der Waals surface area contributed by atoms with E-state index in [1.165, 1.54) is 0 Å². The number of primary amides is 1. The highest BCUT2D eigenvalue weighted by atomic mass is 35.5. The number of carbonyl (C=O) groups is 1. The van der Waals surface area contributed by atoms with Gasteiger partial charge in [-0.05, 0) is 18.1 Å². The third kappa shape index (κ3) is 3.80. The van der Waals surface area contributed by atoms with Crippen molar-refractivity contribution in [3.63, 3.8) is 0 Å². The normalized spacial score (nSPS) is 12.1. The molecule has 0 aliphatic heterocycles. The minimum absolute atomic E-state index is 0.206. The number of halogens is 1. The number of benzene rings is 1. The predicted molar refractivity (Wildman–Crippen MR) is 59.9 cm³/mol. The quantitative estimate of drug-likeness (QED) is 0.860. The molecule has 2 N–H and O–H groups in total. The second-order valence-electron chi connectivity index (χ2n) is 3.26. The number of amides is 1. The molecule has 1 unspecified atom stereocenters. The highest BCUT2D eigenvalue weighted by Gasteiger charge is 2.12. The Morgan fingerprint density at radius 2 is 2.20 bits per heavy atom. The van der Waals surface area contributed by atoms with Crippen LogP contribution in [0.3, 0.4) is 0 Å². The van der Waals surface area contributed by atoms with Gasteiger partial charge in [0.2, 0.25) is 0 Å². The summed E-state index contributed by atoms with van der Waals surface area (Å²) in [5.41, 5.74) is 5.93. The summed E-state index contributed by atoms with van der Waals surface area (Å²) in [4.78, 5) is 10.6. The van der Waals surface area contributed by atoms with Gasteiger partial charge in [0.1, 0.15) is 6.10 Å². The summed E-state index contributed by atoms with van der Waals surface area (Å²) in [6.07, 6.45) is 0.365. The Bertz CT molecular complexity index is 341. The first kappa shape index (κ1) is 11.9. The van der Waals surface area contributed by atoms with Crippen LogP contribution >= 0.6 is 11.6 Å². The van der Waals surface area contributed by atoms with Crippen LogP contribution in [-0.2, 0) is 11.2 Å². The van der Waals surface area contributed by atoms with Crippen molar-refractivity contribution in [3.05, 3.63) is 34.9 Å². The van der Waals surface area contributed by atoms with Gasteiger partial charge in [-0.3, -0.25) is 0 Å². The van der Waals surface area contributed by atoms with E-state index in [0.29, 0.717) is 17.9 Å². The van der Waals surface area contributed by atoms with Crippen LogP contribution in [0.1, 0.15) is 18.9 Å². The molecule has 0 aromatic heterocycles. The fourth-order valence-corrected chi connectivity index (χ4v) is 1.56. The molecule has 0 saturated carbocycles. The Morgan fingerprint density at radius 3 is 2.73 bits per heavy atom. The van der Waals surface area contributed by atoms with Gasteiger partial charge in [-0.15, -0.1) is 0 Å². The average molecular weight is 228 g/mol. The molecule has 1 amide bonds. The van der Waals surface area contributed by atoms with Crippen LogP contribution in [0.5, 0.6) is 0 Å². The zero-order valence-electron chi connectivity index (χ0n) is 8.57. The lowest BCUT2D eigenvalue weighted by molar-refractivity contribution is 0.104. The molecule has 0 bridgehead atoms. The summed E-state index contributed by atoms with van der Waals surface area (Å²) in [7, 11) is 0. The Balaban J connectivity index is 2.66. The van der Waals surface area contributed by atoms with Gasteiger partial charge in [-0.1, -0.05) is 36.7 Å². The minimum Gasteiger partial charge on any atom is -0.446 e. The predicted octanol–water partition coefficient (Wildman–Crippen LogP) is 2.76. The van der Waals surface area contributed by atoms with Gasteiger partial charge in [0.25, 0.3) is 0 Å². The number of hydrogen-bond acceptors (Lipinski definition) is 2. The standard InChI is InChI=1S/C11H14ClNO2/c1-2-9(15-11(13)14)7-8-5-3-4-6-10(8)12/h3-6,9H,2,7H2,1H3,(H2,13,14). The topological polar surface area (TPSA) is 52.3 Å². The maximum absolute atomic E-state index is 10.6. The lowest BCUT2D eigenvalue weighted by atomic mass is 10.1. The SMILES string of the molecule is CCC(Cc1ccccc1Cl)OC(N)=O. The van der Waals surface area contributed by atoms with E-state index in [1.54, 1.807) is 0 Å². The molecule has 4 heteroatoms. The van der Waals surface area contributed by atoms with Crippen molar-refractivity contribution in [2.24, 2.45) is 5.73 Å². The first-order valence-electron chi connectivity index (χ1n) is 4.83. The van der Waals surface area contributed by atoms with E-state index in [9.17, 15) is 4.79 Å². The summed E-state index contributed by atoms with van der Waals surface area (Å²) in [5.74, 6) is 0. The van der Waals surface area contributed by atoms with Crippen molar-refractivity contribution in [2.75, 3.05) is 0 Å². The third-order valence-electron chi connectivity index (χ3n) is 2.14. The van der Waals surface area contributed by atoms with Crippen LogP contribution < -0.4 is 5.73 Å². The lowest BCUT2D eigenvalue weighted by Crippen LogP contribution is -2.24. The van der Waals surface area contributed by atoms with Crippen LogP contribution in [0.2, 0.25) is 5.02 Å². The molecular weight excluding hydrogens is 214 g/mol. The van der Waals surface area contributed by atoms with Gasteiger partial charge < -0.3 is 10.5 Å². The van der Waals surface area contributed by atoms with Gasteiger partial charge in [0, 0.05) is 11.4 Å². The number of rotatable bonds is 4.